The Morgan fingerprint density at radius 3 is 2.92 bits per heavy atom. The molecular formula is C18H24N4OS. The highest BCUT2D eigenvalue weighted by atomic mass is 32.1. The van der Waals surface area contributed by atoms with Crippen LogP contribution in [-0.4, -0.2) is 47.0 Å². The van der Waals surface area contributed by atoms with E-state index in [1.54, 1.807) is 6.20 Å². The Labute approximate surface area is 147 Å². The third-order valence-corrected chi connectivity index (χ3v) is 5.43. The van der Waals surface area contributed by atoms with Crippen LogP contribution >= 0.6 is 11.3 Å². The number of likely N-dealkylation sites (N-methyl/N-ethyl adjacent to an activating group) is 1. The molecule has 0 aliphatic heterocycles. The van der Waals surface area contributed by atoms with Crippen LogP contribution in [0.2, 0.25) is 0 Å². The lowest BCUT2D eigenvalue weighted by Crippen LogP contribution is -2.51. The van der Waals surface area contributed by atoms with Gasteiger partial charge in [0.05, 0.1) is 17.8 Å². The Hall–Kier alpha value is -1.79. The summed E-state index contributed by atoms with van der Waals surface area (Å²) in [7, 11) is 4.18. The van der Waals surface area contributed by atoms with Gasteiger partial charge in [-0.1, -0.05) is 18.9 Å². The first-order chi connectivity index (χ1) is 11.6. The van der Waals surface area contributed by atoms with Gasteiger partial charge in [-0.05, 0) is 39.1 Å². The largest absolute Gasteiger partial charge is 0.351 e. The van der Waals surface area contributed by atoms with E-state index in [1.807, 2.05) is 23.6 Å². The van der Waals surface area contributed by atoms with Gasteiger partial charge in [0.1, 0.15) is 5.01 Å². The molecule has 0 unspecified atom stereocenters. The molecule has 2 atom stereocenters. The number of aromatic nitrogens is 2. The number of nitrogens with zero attached hydrogens (tertiary/aromatic N) is 3. The SMILES string of the molecule is CN(C)[C@@H]1CCCC[C@H]1NC(=O)Cc1csc(-c2ccccn2)n1. The van der Waals surface area contributed by atoms with Gasteiger partial charge in [0, 0.05) is 23.7 Å². The summed E-state index contributed by atoms with van der Waals surface area (Å²) in [6.07, 6.45) is 6.74. The molecule has 1 fully saturated rings. The zero-order valence-electron chi connectivity index (χ0n) is 14.2. The molecule has 0 radical (unpaired) electrons. The van der Waals surface area contributed by atoms with E-state index in [0.717, 1.165) is 29.2 Å². The summed E-state index contributed by atoms with van der Waals surface area (Å²) in [5.41, 5.74) is 1.67. The molecule has 2 aromatic rings. The van der Waals surface area contributed by atoms with Crippen LogP contribution in [0.3, 0.4) is 0 Å². The van der Waals surface area contributed by atoms with Crippen LogP contribution in [-0.2, 0) is 11.2 Å². The van der Waals surface area contributed by atoms with Crippen LogP contribution in [0.1, 0.15) is 31.4 Å². The molecule has 2 heterocycles. The third-order valence-electron chi connectivity index (χ3n) is 4.52. The summed E-state index contributed by atoms with van der Waals surface area (Å²) in [5, 5.41) is 6.03. The number of thiazole rings is 1. The second kappa shape index (κ2) is 7.85. The van der Waals surface area contributed by atoms with Gasteiger partial charge in [-0.25, -0.2) is 4.98 Å². The van der Waals surface area contributed by atoms with Crippen LogP contribution < -0.4 is 5.32 Å². The zero-order valence-corrected chi connectivity index (χ0v) is 15.1. The number of rotatable bonds is 5. The average molecular weight is 344 g/mol. The quantitative estimate of drug-likeness (QED) is 0.906. The number of carbonyl (C=O) groups is 1. The van der Waals surface area contributed by atoms with Crippen LogP contribution in [0.25, 0.3) is 10.7 Å². The van der Waals surface area contributed by atoms with Gasteiger partial charge in [-0.15, -0.1) is 11.3 Å². The first-order valence-corrected chi connectivity index (χ1v) is 9.33. The van der Waals surface area contributed by atoms with Crippen molar-refractivity contribution in [2.24, 2.45) is 0 Å². The Morgan fingerprint density at radius 2 is 2.17 bits per heavy atom. The van der Waals surface area contributed by atoms with Crippen molar-refractivity contribution in [3.8, 4) is 10.7 Å². The Kier molecular flexibility index (Phi) is 5.58. The molecule has 24 heavy (non-hydrogen) atoms. The van der Waals surface area contributed by atoms with Crippen molar-refractivity contribution < 1.29 is 4.79 Å². The monoisotopic (exact) mass is 344 g/mol. The lowest BCUT2D eigenvalue weighted by atomic mass is 9.89. The first-order valence-electron chi connectivity index (χ1n) is 8.45. The van der Waals surface area contributed by atoms with Gasteiger partial charge in [0.15, 0.2) is 0 Å². The second-order valence-electron chi connectivity index (χ2n) is 6.53. The number of hydrogen-bond donors (Lipinski definition) is 1. The minimum atomic E-state index is 0.0617. The molecule has 2 aromatic heterocycles. The van der Waals surface area contributed by atoms with Crippen molar-refractivity contribution in [1.29, 1.82) is 0 Å². The fourth-order valence-electron chi connectivity index (χ4n) is 3.32. The summed E-state index contributed by atoms with van der Waals surface area (Å²) in [5.74, 6) is 0.0617. The van der Waals surface area contributed by atoms with E-state index < -0.39 is 0 Å². The Balaban J connectivity index is 1.60. The second-order valence-corrected chi connectivity index (χ2v) is 7.38. The zero-order chi connectivity index (χ0) is 16.9. The van der Waals surface area contributed by atoms with E-state index in [9.17, 15) is 4.79 Å². The van der Waals surface area contributed by atoms with Gasteiger partial charge in [-0.2, -0.15) is 0 Å². The molecule has 1 aliphatic carbocycles. The summed E-state index contributed by atoms with van der Waals surface area (Å²) in [6, 6.07) is 6.45. The van der Waals surface area contributed by atoms with Crippen molar-refractivity contribution >= 4 is 17.2 Å². The van der Waals surface area contributed by atoms with Gasteiger partial charge in [0.2, 0.25) is 5.91 Å². The standard InChI is InChI=1S/C18H24N4OS/c1-22(2)16-9-4-3-7-14(16)21-17(23)11-13-12-24-18(20-13)15-8-5-6-10-19-15/h5-6,8,10,12,14,16H,3-4,7,9,11H2,1-2H3,(H,21,23)/t14-,16-/m1/s1. The lowest BCUT2D eigenvalue weighted by molar-refractivity contribution is -0.121. The number of carbonyl (C=O) groups excluding carboxylic acids is 1. The Bertz CT molecular complexity index is 671. The van der Waals surface area contributed by atoms with Crippen LogP contribution in [0, 0.1) is 0 Å². The van der Waals surface area contributed by atoms with Crippen LogP contribution in [0.5, 0.6) is 0 Å². The molecule has 0 saturated heterocycles. The van der Waals surface area contributed by atoms with Crippen LogP contribution in [0.4, 0.5) is 0 Å². The molecule has 6 heteroatoms. The normalized spacial score (nSPS) is 21.0. The van der Waals surface area contributed by atoms with Crippen molar-refractivity contribution in [2.75, 3.05) is 14.1 Å². The van der Waals surface area contributed by atoms with Gasteiger partial charge in [0.25, 0.3) is 0 Å². The fourth-order valence-corrected chi connectivity index (χ4v) is 4.11. The molecule has 1 N–H and O–H groups in total. The van der Waals surface area contributed by atoms with E-state index in [4.69, 9.17) is 0 Å². The molecule has 0 aromatic carbocycles. The number of pyridine rings is 1. The highest BCUT2D eigenvalue weighted by Crippen LogP contribution is 2.23. The molecule has 1 saturated carbocycles. The third kappa shape index (κ3) is 4.19. The smallest absolute Gasteiger partial charge is 0.226 e. The van der Waals surface area contributed by atoms with Crippen molar-refractivity contribution in [3.05, 3.63) is 35.5 Å². The molecule has 0 spiro atoms. The van der Waals surface area contributed by atoms with Gasteiger partial charge in [-0.3, -0.25) is 9.78 Å². The molecule has 5 nitrogen and oxygen atoms in total. The highest BCUT2D eigenvalue weighted by Gasteiger charge is 2.28. The predicted molar refractivity (Wildman–Crippen MR) is 96.9 cm³/mol. The maximum Gasteiger partial charge on any atom is 0.226 e. The van der Waals surface area contributed by atoms with E-state index in [0.29, 0.717) is 12.5 Å². The summed E-state index contributed by atoms with van der Waals surface area (Å²) < 4.78 is 0. The van der Waals surface area contributed by atoms with Crippen LogP contribution in [0.15, 0.2) is 29.8 Å². The minimum Gasteiger partial charge on any atom is -0.351 e. The molecule has 1 aliphatic rings. The van der Waals surface area contributed by atoms with E-state index >= 15 is 0 Å². The molecule has 128 valence electrons. The van der Waals surface area contributed by atoms with E-state index in [-0.39, 0.29) is 11.9 Å². The van der Waals surface area contributed by atoms with Gasteiger partial charge < -0.3 is 10.2 Å². The summed E-state index contributed by atoms with van der Waals surface area (Å²) in [4.78, 5) is 23.5. The first kappa shape index (κ1) is 17.0. The molecule has 1 amide bonds. The molecule has 0 bridgehead atoms. The molecular weight excluding hydrogens is 320 g/mol. The average Bonchev–Trinajstić information content (AvgIpc) is 3.04. The maximum absolute atomic E-state index is 12.4. The summed E-state index contributed by atoms with van der Waals surface area (Å²) >= 11 is 1.53. The van der Waals surface area contributed by atoms with Crippen molar-refractivity contribution in [3.63, 3.8) is 0 Å². The van der Waals surface area contributed by atoms with E-state index in [1.165, 1.54) is 24.2 Å². The number of amides is 1. The predicted octanol–water partition coefficient (Wildman–Crippen LogP) is 2.74. The number of nitrogens with one attached hydrogen (secondary N) is 1. The maximum atomic E-state index is 12.4. The Morgan fingerprint density at radius 1 is 1.33 bits per heavy atom. The van der Waals surface area contributed by atoms with Gasteiger partial charge >= 0.3 is 0 Å². The van der Waals surface area contributed by atoms with Crippen molar-refractivity contribution in [1.82, 2.24) is 20.2 Å². The number of hydrogen-bond acceptors (Lipinski definition) is 5. The lowest BCUT2D eigenvalue weighted by Gasteiger charge is -2.36. The van der Waals surface area contributed by atoms with E-state index in [2.05, 4.69) is 34.3 Å². The summed E-state index contributed by atoms with van der Waals surface area (Å²) in [6.45, 7) is 0. The van der Waals surface area contributed by atoms with Crippen molar-refractivity contribution in [2.45, 2.75) is 44.2 Å². The topological polar surface area (TPSA) is 58.1 Å². The minimum absolute atomic E-state index is 0.0617. The molecule has 3 rings (SSSR count). The fraction of sp³-hybridized carbons (Fsp3) is 0.500. The highest BCUT2D eigenvalue weighted by molar-refractivity contribution is 7.13.